The van der Waals surface area contributed by atoms with Crippen LogP contribution in [-0.4, -0.2) is 56.9 Å². The van der Waals surface area contributed by atoms with E-state index in [2.05, 4.69) is 40.7 Å². The largest absolute Gasteiger partial charge is 0.481 e. The number of aliphatic carboxylic acids is 1. The Kier molecular flexibility index (Phi) is 6.12. The van der Waals surface area contributed by atoms with Crippen LogP contribution in [0.2, 0.25) is 0 Å². The van der Waals surface area contributed by atoms with Crippen molar-refractivity contribution >= 4 is 5.97 Å². The molecule has 5 aliphatic carbocycles. The van der Waals surface area contributed by atoms with Gasteiger partial charge in [-0.15, -0.1) is 0 Å². The SMILES string of the molecule is CC1CCC2(C(=O)O)CCC3(C)C(=CCC4C5(C)CC(O)C(O)C(CO)(CO)C5CCC43C)C2C1C. The second kappa shape index (κ2) is 8.27. The number of hydrogen-bond donors (Lipinski definition) is 5. The van der Waals surface area contributed by atoms with Gasteiger partial charge in [0.1, 0.15) is 0 Å². The summed E-state index contributed by atoms with van der Waals surface area (Å²) in [4.78, 5) is 12.8. The fraction of sp³-hybridized carbons (Fsp3) is 0.900. The molecule has 0 bridgehead atoms. The quantitative estimate of drug-likeness (QED) is 0.371. The van der Waals surface area contributed by atoms with Crippen LogP contribution in [-0.2, 0) is 4.79 Å². The molecule has 6 nitrogen and oxygen atoms in total. The summed E-state index contributed by atoms with van der Waals surface area (Å²) < 4.78 is 0. The summed E-state index contributed by atoms with van der Waals surface area (Å²) in [5.74, 6) is 0.354. The number of aliphatic hydroxyl groups excluding tert-OH is 4. The predicted octanol–water partition coefficient (Wildman–Crippen LogP) is 4.01. The van der Waals surface area contributed by atoms with Crippen molar-refractivity contribution < 1.29 is 30.3 Å². The van der Waals surface area contributed by atoms with Crippen LogP contribution in [0.15, 0.2) is 11.6 Å². The molecule has 0 aromatic carbocycles. The molecular formula is C30H48O6. The van der Waals surface area contributed by atoms with Gasteiger partial charge in [0.25, 0.3) is 0 Å². The van der Waals surface area contributed by atoms with E-state index in [9.17, 15) is 30.3 Å². The molecule has 0 aromatic heterocycles. The van der Waals surface area contributed by atoms with Gasteiger partial charge in [-0.2, -0.15) is 0 Å². The van der Waals surface area contributed by atoms with Crippen LogP contribution in [0.4, 0.5) is 0 Å². The van der Waals surface area contributed by atoms with E-state index in [-0.39, 0.29) is 47.2 Å². The number of rotatable bonds is 3. The van der Waals surface area contributed by atoms with E-state index in [0.717, 1.165) is 38.5 Å². The molecule has 0 amide bonds. The lowest BCUT2D eigenvalue weighted by molar-refractivity contribution is -0.257. The zero-order valence-corrected chi connectivity index (χ0v) is 22.8. The zero-order chi connectivity index (χ0) is 26.5. The van der Waals surface area contributed by atoms with E-state index in [4.69, 9.17) is 0 Å². The first kappa shape index (κ1) is 26.6. The number of allylic oxidation sites excluding steroid dienone is 2. The summed E-state index contributed by atoms with van der Waals surface area (Å²) in [7, 11) is 0. The average molecular weight is 505 g/mol. The van der Waals surface area contributed by atoms with E-state index in [0.29, 0.717) is 24.7 Å². The van der Waals surface area contributed by atoms with Gasteiger partial charge in [0.05, 0.1) is 30.8 Å². The van der Waals surface area contributed by atoms with Crippen molar-refractivity contribution in [2.75, 3.05) is 13.2 Å². The van der Waals surface area contributed by atoms with Crippen molar-refractivity contribution in [1.82, 2.24) is 0 Å². The van der Waals surface area contributed by atoms with Crippen molar-refractivity contribution in [2.24, 2.45) is 56.7 Å². The molecule has 0 heterocycles. The number of hydrogen-bond acceptors (Lipinski definition) is 5. The molecular weight excluding hydrogens is 456 g/mol. The van der Waals surface area contributed by atoms with Crippen molar-refractivity contribution in [3.8, 4) is 0 Å². The summed E-state index contributed by atoms with van der Waals surface area (Å²) in [5.41, 5.74) is -1.00. The summed E-state index contributed by atoms with van der Waals surface area (Å²) in [6, 6.07) is 0. The maximum atomic E-state index is 12.8. The Morgan fingerprint density at radius 3 is 2.25 bits per heavy atom. The Labute approximate surface area is 216 Å². The fourth-order valence-corrected chi connectivity index (χ4v) is 11.1. The summed E-state index contributed by atoms with van der Waals surface area (Å²) in [6.07, 6.45) is 6.49. The highest BCUT2D eigenvalue weighted by Gasteiger charge is 2.71. The van der Waals surface area contributed by atoms with Crippen LogP contribution in [0.5, 0.6) is 0 Å². The minimum Gasteiger partial charge on any atom is -0.481 e. The lowest BCUT2D eigenvalue weighted by Crippen LogP contribution is -2.69. The second-order valence-electron chi connectivity index (χ2n) is 14.4. The molecule has 36 heavy (non-hydrogen) atoms. The summed E-state index contributed by atoms with van der Waals surface area (Å²) >= 11 is 0. The molecule has 4 fully saturated rings. The monoisotopic (exact) mass is 504 g/mol. The number of carboxylic acid groups (broad SMARTS) is 1. The molecule has 11 atom stereocenters. The number of carbonyl (C=O) groups is 1. The number of aliphatic hydroxyl groups is 4. The van der Waals surface area contributed by atoms with Crippen LogP contribution >= 0.6 is 0 Å². The van der Waals surface area contributed by atoms with E-state index < -0.39 is 29.0 Å². The molecule has 204 valence electrons. The molecule has 6 heteroatoms. The Morgan fingerprint density at radius 2 is 1.64 bits per heavy atom. The number of carboxylic acids is 1. The van der Waals surface area contributed by atoms with Crippen LogP contribution < -0.4 is 0 Å². The third kappa shape index (κ3) is 2.96. The van der Waals surface area contributed by atoms with Crippen LogP contribution in [0.3, 0.4) is 0 Å². The average Bonchev–Trinajstić information content (AvgIpc) is 2.83. The van der Waals surface area contributed by atoms with Gasteiger partial charge in [-0.05, 0) is 97.2 Å². The third-order valence-corrected chi connectivity index (χ3v) is 13.6. The lowest BCUT2D eigenvalue weighted by atomic mass is 9.33. The van der Waals surface area contributed by atoms with Gasteiger partial charge < -0.3 is 25.5 Å². The molecule has 0 aliphatic heterocycles. The Morgan fingerprint density at radius 1 is 0.972 bits per heavy atom. The Balaban J connectivity index is 1.63. The minimum atomic E-state index is -1.14. The molecule has 0 saturated heterocycles. The van der Waals surface area contributed by atoms with Gasteiger partial charge in [-0.3, -0.25) is 4.79 Å². The first-order valence-corrected chi connectivity index (χ1v) is 14.3. The van der Waals surface area contributed by atoms with E-state index >= 15 is 0 Å². The molecule has 5 N–H and O–H groups in total. The summed E-state index contributed by atoms with van der Waals surface area (Å²) in [5, 5.41) is 53.4. The van der Waals surface area contributed by atoms with Gasteiger partial charge in [0, 0.05) is 5.41 Å². The molecule has 4 saturated carbocycles. The first-order chi connectivity index (χ1) is 16.8. The Bertz CT molecular complexity index is 942. The standard InChI is InChI=1S/C30H48O6/c1-17-8-11-29(25(35)36)13-12-27(4)19(23(29)18(17)2)6-7-21-26(3)14-20(33)24(34)30(15-31,16-32)22(26)9-10-28(21,27)5/h6,17-18,20-24,31-34H,7-16H2,1-5H3,(H,35,36). The normalized spacial score (nSPS) is 53.8. The molecule has 0 spiro atoms. The van der Waals surface area contributed by atoms with E-state index in [1.807, 2.05) is 0 Å². The second-order valence-corrected chi connectivity index (χ2v) is 14.4. The van der Waals surface area contributed by atoms with Gasteiger partial charge in [-0.25, -0.2) is 0 Å². The van der Waals surface area contributed by atoms with Crippen molar-refractivity contribution in [1.29, 1.82) is 0 Å². The summed E-state index contributed by atoms with van der Waals surface area (Å²) in [6.45, 7) is 10.8. The molecule has 0 aromatic rings. The Hall–Kier alpha value is -0.950. The highest BCUT2D eigenvalue weighted by molar-refractivity contribution is 5.76. The van der Waals surface area contributed by atoms with Gasteiger partial charge in [0.15, 0.2) is 0 Å². The van der Waals surface area contributed by atoms with Crippen LogP contribution in [0, 0.1) is 56.7 Å². The maximum absolute atomic E-state index is 12.8. The molecule has 5 aliphatic rings. The van der Waals surface area contributed by atoms with Crippen LogP contribution in [0.1, 0.15) is 86.0 Å². The smallest absolute Gasteiger partial charge is 0.310 e. The van der Waals surface area contributed by atoms with Gasteiger partial charge in [0.2, 0.25) is 0 Å². The van der Waals surface area contributed by atoms with Crippen molar-refractivity contribution in [2.45, 2.75) is 98.2 Å². The van der Waals surface area contributed by atoms with Crippen LogP contribution in [0.25, 0.3) is 0 Å². The van der Waals surface area contributed by atoms with Gasteiger partial charge in [-0.1, -0.05) is 46.3 Å². The molecule has 0 radical (unpaired) electrons. The maximum Gasteiger partial charge on any atom is 0.310 e. The van der Waals surface area contributed by atoms with E-state index in [1.165, 1.54) is 5.57 Å². The predicted molar refractivity (Wildman–Crippen MR) is 137 cm³/mol. The van der Waals surface area contributed by atoms with Gasteiger partial charge >= 0.3 is 5.97 Å². The zero-order valence-electron chi connectivity index (χ0n) is 22.8. The molecule has 11 unspecified atom stereocenters. The highest BCUT2D eigenvalue weighted by Crippen LogP contribution is 2.75. The molecule has 5 rings (SSSR count). The highest BCUT2D eigenvalue weighted by atomic mass is 16.4. The first-order valence-electron chi connectivity index (χ1n) is 14.3. The van der Waals surface area contributed by atoms with Crippen molar-refractivity contribution in [3.63, 3.8) is 0 Å². The minimum absolute atomic E-state index is 0.0496. The van der Waals surface area contributed by atoms with E-state index in [1.54, 1.807) is 0 Å². The fourth-order valence-electron chi connectivity index (χ4n) is 11.1. The lowest BCUT2D eigenvalue weighted by Gasteiger charge is -2.71. The van der Waals surface area contributed by atoms with Crippen molar-refractivity contribution in [3.05, 3.63) is 11.6 Å². The topological polar surface area (TPSA) is 118 Å². The third-order valence-electron chi connectivity index (χ3n) is 13.6. The number of fused-ring (bicyclic) bond motifs is 7.